The van der Waals surface area contributed by atoms with E-state index >= 15 is 0 Å². The molecule has 0 bridgehead atoms. The van der Waals surface area contributed by atoms with Gasteiger partial charge in [0.15, 0.2) is 0 Å². The van der Waals surface area contributed by atoms with Gasteiger partial charge in [-0.15, -0.1) is 0 Å². The van der Waals surface area contributed by atoms with Crippen molar-refractivity contribution in [2.24, 2.45) is 17.6 Å². The van der Waals surface area contributed by atoms with Gasteiger partial charge in [-0.05, 0) is 43.0 Å². The highest BCUT2D eigenvalue weighted by Crippen LogP contribution is 2.58. The number of hydrogen-bond acceptors (Lipinski definition) is 4. The zero-order valence-corrected chi connectivity index (χ0v) is 12.2. The quantitative estimate of drug-likeness (QED) is 0.899. The van der Waals surface area contributed by atoms with Crippen LogP contribution in [0.2, 0.25) is 0 Å². The van der Waals surface area contributed by atoms with Crippen LogP contribution in [0.15, 0.2) is 42.7 Å². The number of rotatable bonds is 3. The Bertz CT molecular complexity index is 772. The maximum Gasteiger partial charge on any atom is 0.230 e. The minimum atomic E-state index is -0.649. The minimum Gasteiger partial charge on any atom is -0.391 e. The van der Waals surface area contributed by atoms with Crippen molar-refractivity contribution >= 4 is 16.9 Å². The highest BCUT2D eigenvalue weighted by Gasteiger charge is 2.63. The molecule has 3 N–H and O–H groups in total. The SMILES string of the molecule is NC(=O)C1(c2cnc3ccccc3n2)CC1C1C=CNCC1. The molecule has 1 aliphatic carbocycles. The molecular formula is C17H18N4O. The molecule has 5 heteroatoms. The van der Waals surface area contributed by atoms with Crippen molar-refractivity contribution in [3.05, 3.63) is 48.4 Å². The first-order chi connectivity index (χ1) is 10.7. The molecule has 2 aliphatic rings. The van der Waals surface area contributed by atoms with Gasteiger partial charge < -0.3 is 11.1 Å². The lowest BCUT2D eigenvalue weighted by molar-refractivity contribution is -0.121. The molecule has 2 heterocycles. The molecule has 1 aliphatic heterocycles. The topological polar surface area (TPSA) is 80.9 Å². The standard InChI is InChI=1S/C17H18N4O/c18-16(22)17(9-12(17)11-5-7-19-8-6-11)15-10-20-13-3-1-2-4-14(13)21-15/h1-5,7,10-12,19H,6,8-9H2,(H2,18,22). The Morgan fingerprint density at radius 3 is 2.86 bits per heavy atom. The van der Waals surface area contributed by atoms with Gasteiger partial charge in [0, 0.05) is 6.54 Å². The van der Waals surface area contributed by atoms with Crippen LogP contribution in [0, 0.1) is 11.8 Å². The second-order valence-electron chi connectivity index (χ2n) is 6.16. The molecule has 3 unspecified atom stereocenters. The number of para-hydroxylation sites is 2. The van der Waals surface area contributed by atoms with E-state index in [0.717, 1.165) is 36.1 Å². The summed E-state index contributed by atoms with van der Waals surface area (Å²) in [7, 11) is 0. The van der Waals surface area contributed by atoms with E-state index in [9.17, 15) is 4.79 Å². The van der Waals surface area contributed by atoms with Crippen molar-refractivity contribution in [3.63, 3.8) is 0 Å². The van der Waals surface area contributed by atoms with Crippen LogP contribution < -0.4 is 11.1 Å². The van der Waals surface area contributed by atoms with Crippen molar-refractivity contribution in [2.75, 3.05) is 6.54 Å². The van der Waals surface area contributed by atoms with E-state index in [2.05, 4.69) is 21.4 Å². The van der Waals surface area contributed by atoms with Crippen LogP contribution >= 0.6 is 0 Å². The number of hydrogen-bond donors (Lipinski definition) is 2. The van der Waals surface area contributed by atoms with Gasteiger partial charge in [-0.3, -0.25) is 9.78 Å². The van der Waals surface area contributed by atoms with Crippen LogP contribution in [0.5, 0.6) is 0 Å². The molecule has 1 aromatic carbocycles. The Kier molecular flexibility index (Phi) is 2.89. The molecule has 1 aromatic heterocycles. The summed E-state index contributed by atoms with van der Waals surface area (Å²) in [4.78, 5) is 21.3. The average molecular weight is 294 g/mol. The minimum absolute atomic E-state index is 0.235. The van der Waals surface area contributed by atoms with Crippen LogP contribution in [0.25, 0.3) is 11.0 Å². The van der Waals surface area contributed by atoms with E-state index in [-0.39, 0.29) is 11.8 Å². The van der Waals surface area contributed by atoms with Gasteiger partial charge in [0.2, 0.25) is 5.91 Å². The first-order valence-corrected chi connectivity index (χ1v) is 7.64. The summed E-state index contributed by atoms with van der Waals surface area (Å²) in [6.45, 7) is 0.940. The van der Waals surface area contributed by atoms with Crippen molar-refractivity contribution in [2.45, 2.75) is 18.3 Å². The van der Waals surface area contributed by atoms with E-state index in [4.69, 9.17) is 5.73 Å². The number of carbonyl (C=O) groups is 1. The van der Waals surface area contributed by atoms with Crippen LogP contribution in [0.3, 0.4) is 0 Å². The zero-order valence-electron chi connectivity index (χ0n) is 12.2. The summed E-state index contributed by atoms with van der Waals surface area (Å²) in [5, 5.41) is 3.19. The smallest absolute Gasteiger partial charge is 0.230 e. The van der Waals surface area contributed by atoms with Crippen molar-refractivity contribution in [3.8, 4) is 0 Å². The van der Waals surface area contributed by atoms with E-state index in [1.165, 1.54) is 0 Å². The average Bonchev–Trinajstić information content (AvgIpc) is 3.32. The number of fused-ring (bicyclic) bond motifs is 1. The molecule has 4 rings (SSSR count). The van der Waals surface area contributed by atoms with Gasteiger partial charge in [0.25, 0.3) is 0 Å². The Hall–Kier alpha value is -2.43. The number of benzene rings is 1. The lowest BCUT2D eigenvalue weighted by Gasteiger charge is -2.21. The predicted octanol–water partition coefficient (Wildman–Crippen LogP) is 1.50. The Labute approximate surface area is 128 Å². The summed E-state index contributed by atoms with van der Waals surface area (Å²) in [6, 6.07) is 7.70. The molecule has 112 valence electrons. The van der Waals surface area contributed by atoms with E-state index in [0.29, 0.717) is 5.92 Å². The molecule has 0 spiro atoms. The second kappa shape index (κ2) is 4.80. The van der Waals surface area contributed by atoms with Crippen molar-refractivity contribution < 1.29 is 4.79 Å². The highest BCUT2D eigenvalue weighted by molar-refractivity contribution is 5.90. The Balaban J connectivity index is 1.74. The van der Waals surface area contributed by atoms with E-state index in [1.54, 1.807) is 6.20 Å². The van der Waals surface area contributed by atoms with Crippen LogP contribution in [-0.2, 0) is 10.2 Å². The fourth-order valence-electron chi connectivity index (χ4n) is 3.64. The summed E-state index contributed by atoms with van der Waals surface area (Å²) < 4.78 is 0. The number of carbonyl (C=O) groups excluding carboxylic acids is 1. The molecule has 1 amide bonds. The lowest BCUT2D eigenvalue weighted by atomic mass is 9.88. The molecule has 1 saturated carbocycles. The Morgan fingerprint density at radius 1 is 1.32 bits per heavy atom. The highest BCUT2D eigenvalue weighted by atomic mass is 16.1. The number of primary amides is 1. The van der Waals surface area contributed by atoms with Crippen molar-refractivity contribution in [1.82, 2.24) is 15.3 Å². The van der Waals surface area contributed by atoms with Gasteiger partial charge >= 0.3 is 0 Å². The fraction of sp³-hybridized carbons (Fsp3) is 0.353. The van der Waals surface area contributed by atoms with Crippen LogP contribution in [-0.4, -0.2) is 22.4 Å². The van der Waals surface area contributed by atoms with E-state index < -0.39 is 5.41 Å². The van der Waals surface area contributed by atoms with Crippen molar-refractivity contribution in [1.29, 1.82) is 0 Å². The first-order valence-electron chi connectivity index (χ1n) is 7.64. The summed E-state index contributed by atoms with van der Waals surface area (Å²) in [6.07, 6.45) is 7.64. The largest absolute Gasteiger partial charge is 0.391 e. The number of amides is 1. The number of nitrogens with two attached hydrogens (primary N) is 1. The third-order valence-electron chi connectivity index (χ3n) is 4.96. The summed E-state index contributed by atoms with van der Waals surface area (Å²) in [5.41, 5.74) is 7.48. The Morgan fingerprint density at radius 2 is 2.14 bits per heavy atom. The normalized spacial score (nSPS) is 30.0. The molecule has 0 radical (unpaired) electrons. The molecule has 1 fully saturated rings. The third kappa shape index (κ3) is 1.89. The predicted molar refractivity (Wildman–Crippen MR) is 83.8 cm³/mol. The van der Waals surface area contributed by atoms with Crippen LogP contribution in [0.4, 0.5) is 0 Å². The summed E-state index contributed by atoms with van der Waals surface area (Å²) in [5.74, 6) is 0.329. The van der Waals surface area contributed by atoms with Gasteiger partial charge in [0.1, 0.15) is 0 Å². The maximum absolute atomic E-state index is 12.2. The molecular weight excluding hydrogens is 276 g/mol. The fourth-order valence-corrected chi connectivity index (χ4v) is 3.64. The summed E-state index contributed by atoms with van der Waals surface area (Å²) >= 11 is 0. The molecule has 5 nitrogen and oxygen atoms in total. The van der Waals surface area contributed by atoms with Crippen LogP contribution in [0.1, 0.15) is 18.5 Å². The van der Waals surface area contributed by atoms with Gasteiger partial charge in [0.05, 0.1) is 28.3 Å². The number of nitrogens with one attached hydrogen (secondary N) is 1. The number of nitrogens with zero attached hydrogens (tertiary/aromatic N) is 2. The monoisotopic (exact) mass is 294 g/mol. The lowest BCUT2D eigenvalue weighted by Crippen LogP contribution is -2.34. The second-order valence-corrected chi connectivity index (χ2v) is 6.16. The number of allylic oxidation sites excluding steroid dienone is 1. The zero-order chi connectivity index (χ0) is 15.2. The maximum atomic E-state index is 12.2. The van der Waals surface area contributed by atoms with Gasteiger partial charge in [-0.2, -0.15) is 0 Å². The van der Waals surface area contributed by atoms with Gasteiger partial charge in [-0.1, -0.05) is 18.2 Å². The molecule has 22 heavy (non-hydrogen) atoms. The molecule has 2 aromatic rings. The van der Waals surface area contributed by atoms with E-state index in [1.807, 2.05) is 30.5 Å². The van der Waals surface area contributed by atoms with Gasteiger partial charge in [-0.25, -0.2) is 4.98 Å². The first kappa shape index (κ1) is 13.2. The number of aromatic nitrogens is 2. The molecule has 0 saturated heterocycles. The molecule has 3 atom stereocenters. The third-order valence-corrected chi connectivity index (χ3v) is 4.96.